The summed E-state index contributed by atoms with van der Waals surface area (Å²) in [6.45, 7) is 0. The van der Waals surface area contributed by atoms with E-state index in [1.54, 1.807) is 0 Å². The van der Waals surface area contributed by atoms with E-state index in [1.807, 2.05) is 5.32 Å². The molecule has 1 rings (SSSR count). The molecule has 1 aromatic rings. The lowest BCUT2D eigenvalue weighted by atomic mass is 10.4. The molecule has 0 unspecified atom stereocenters. The molecule has 0 aromatic carbocycles. The molecule has 1 heterocycles. The quantitative estimate of drug-likeness (QED) is 0.560. The molecule has 0 fully saturated rings. The van der Waals surface area contributed by atoms with Crippen molar-refractivity contribution in [3.05, 3.63) is 18.3 Å². The molecule has 0 bridgehead atoms. The number of nitrogens with one attached hydrogen (secondary N) is 1. The molecule has 0 saturated heterocycles. The van der Waals surface area contributed by atoms with Crippen LogP contribution in [0.5, 0.6) is 5.75 Å². The van der Waals surface area contributed by atoms with Crippen molar-refractivity contribution in [3.63, 3.8) is 0 Å². The zero-order chi connectivity index (χ0) is 8.27. The fourth-order valence-electron chi connectivity index (χ4n) is 0.570. The highest BCUT2D eigenvalue weighted by Crippen LogP contribution is 2.08. The summed E-state index contributed by atoms with van der Waals surface area (Å²) in [4.78, 5) is 13.6. The second kappa shape index (κ2) is 2.87. The highest BCUT2D eigenvalue weighted by Gasteiger charge is 1.97. The molecule has 0 saturated carbocycles. The Bertz CT molecular complexity index is 257. The van der Waals surface area contributed by atoms with Gasteiger partial charge in [-0.2, -0.15) is 0 Å². The van der Waals surface area contributed by atoms with Gasteiger partial charge >= 0.3 is 6.09 Å². The van der Waals surface area contributed by atoms with E-state index in [-0.39, 0.29) is 11.6 Å². The SMILES string of the molecule is O=C(O)Nc1ccc(O)cn1. The van der Waals surface area contributed by atoms with Crippen molar-refractivity contribution in [1.29, 1.82) is 0 Å². The van der Waals surface area contributed by atoms with Crippen LogP contribution >= 0.6 is 0 Å². The highest BCUT2D eigenvalue weighted by atomic mass is 16.4. The predicted octanol–water partition coefficient (Wildman–Crippen LogP) is 0.877. The molecule has 58 valence electrons. The van der Waals surface area contributed by atoms with E-state index < -0.39 is 6.09 Å². The van der Waals surface area contributed by atoms with E-state index in [0.717, 1.165) is 6.20 Å². The van der Waals surface area contributed by atoms with Gasteiger partial charge in [-0.1, -0.05) is 0 Å². The van der Waals surface area contributed by atoms with Gasteiger partial charge in [-0.25, -0.2) is 9.78 Å². The Labute approximate surface area is 62.3 Å². The van der Waals surface area contributed by atoms with E-state index in [9.17, 15) is 4.79 Å². The van der Waals surface area contributed by atoms with Crippen LogP contribution < -0.4 is 5.32 Å². The van der Waals surface area contributed by atoms with Crippen molar-refractivity contribution in [2.24, 2.45) is 0 Å². The number of carbonyl (C=O) groups is 1. The molecular weight excluding hydrogens is 148 g/mol. The maximum Gasteiger partial charge on any atom is 0.410 e. The lowest BCUT2D eigenvalue weighted by Crippen LogP contribution is -2.07. The highest BCUT2D eigenvalue weighted by molar-refractivity contribution is 5.81. The number of hydrogen-bond donors (Lipinski definition) is 3. The molecule has 0 radical (unpaired) electrons. The minimum Gasteiger partial charge on any atom is -0.506 e. The third kappa shape index (κ3) is 2.13. The first-order valence-corrected chi connectivity index (χ1v) is 2.83. The van der Waals surface area contributed by atoms with Crippen LogP contribution in [-0.4, -0.2) is 21.3 Å². The topological polar surface area (TPSA) is 82.5 Å². The van der Waals surface area contributed by atoms with Gasteiger partial charge in [-0.05, 0) is 12.1 Å². The average molecular weight is 154 g/mol. The Hall–Kier alpha value is -1.78. The molecule has 0 aliphatic heterocycles. The van der Waals surface area contributed by atoms with Crippen molar-refractivity contribution in [2.75, 3.05) is 5.32 Å². The van der Waals surface area contributed by atoms with Gasteiger partial charge in [0.1, 0.15) is 11.6 Å². The third-order valence-corrected chi connectivity index (χ3v) is 0.983. The average Bonchev–Trinajstić information content (AvgIpc) is 1.93. The molecule has 0 spiro atoms. The van der Waals surface area contributed by atoms with Gasteiger partial charge in [0.15, 0.2) is 0 Å². The minimum absolute atomic E-state index is 0.000869. The van der Waals surface area contributed by atoms with Crippen LogP contribution in [0, 0.1) is 0 Å². The van der Waals surface area contributed by atoms with Gasteiger partial charge in [0.25, 0.3) is 0 Å². The molecule has 5 nitrogen and oxygen atoms in total. The van der Waals surface area contributed by atoms with E-state index in [2.05, 4.69) is 4.98 Å². The van der Waals surface area contributed by atoms with Gasteiger partial charge in [0.05, 0.1) is 6.20 Å². The number of carboxylic acid groups (broad SMARTS) is 1. The molecule has 11 heavy (non-hydrogen) atoms. The van der Waals surface area contributed by atoms with E-state index in [4.69, 9.17) is 10.2 Å². The van der Waals surface area contributed by atoms with Gasteiger partial charge < -0.3 is 10.2 Å². The second-order valence-corrected chi connectivity index (χ2v) is 1.83. The summed E-state index contributed by atoms with van der Waals surface area (Å²) < 4.78 is 0. The largest absolute Gasteiger partial charge is 0.506 e. The van der Waals surface area contributed by atoms with Crippen molar-refractivity contribution in [1.82, 2.24) is 4.98 Å². The molecule has 0 atom stereocenters. The summed E-state index contributed by atoms with van der Waals surface area (Å²) in [5.74, 6) is 0.191. The zero-order valence-corrected chi connectivity index (χ0v) is 5.48. The predicted molar refractivity (Wildman–Crippen MR) is 37.5 cm³/mol. The Morgan fingerprint density at radius 1 is 1.55 bits per heavy atom. The van der Waals surface area contributed by atoms with Crippen molar-refractivity contribution in [3.8, 4) is 5.75 Å². The fraction of sp³-hybridized carbons (Fsp3) is 0. The Morgan fingerprint density at radius 3 is 2.73 bits per heavy atom. The minimum atomic E-state index is -1.18. The standard InChI is InChI=1S/C6H6N2O3/c9-4-1-2-5(7-3-4)8-6(10)11/h1-3,9H,(H,7,8)(H,10,11). The third-order valence-electron chi connectivity index (χ3n) is 0.983. The summed E-state index contributed by atoms with van der Waals surface area (Å²) in [5, 5.41) is 19.0. The second-order valence-electron chi connectivity index (χ2n) is 1.83. The normalized spacial score (nSPS) is 9.09. The Kier molecular flexibility index (Phi) is 1.91. The molecular formula is C6H6N2O3. The maximum atomic E-state index is 10.0. The molecule has 5 heteroatoms. The summed E-state index contributed by atoms with van der Waals surface area (Å²) >= 11 is 0. The number of hydrogen-bond acceptors (Lipinski definition) is 3. The van der Waals surface area contributed by atoms with Gasteiger partial charge in [-0.15, -0.1) is 0 Å². The smallest absolute Gasteiger partial charge is 0.410 e. The Morgan fingerprint density at radius 2 is 2.27 bits per heavy atom. The number of anilines is 1. The number of nitrogens with zero attached hydrogens (tertiary/aromatic N) is 1. The van der Waals surface area contributed by atoms with E-state index >= 15 is 0 Å². The van der Waals surface area contributed by atoms with Crippen LogP contribution in [0.1, 0.15) is 0 Å². The maximum absolute atomic E-state index is 10.0. The molecule has 0 aliphatic carbocycles. The molecule has 3 N–H and O–H groups in total. The summed E-state index contributed by atoms with van der Waals surface area (Å²) in [7, 11) is 0. The number of pyridine rings is 1. The first-order chi connectivity index (χ1) is 5.18. The molecule has 1 amide bonds. The van der Waals surface area contributed by atoms with Crippen molar-refractivity contribution in [2.45, 2.75) is 0 Å². The molecule has 0 aliphatic rings. The van der Waals surface area contributed by atoms with Crippen LogP contribution in [0.25, 0.3) is 0 Å². The van der Waals surface area contributed by atoms with Crippen LogP contribution in [-0.2, 0) is 0 Å². The van der Waals surface area contributed by atoms with Crippen LogP contribution in [0.3, 0.4) is 0 Å². The number of aromatic nitrogens is 1. The van der Waals surface area contributed by atoms with Crippen molar-refractivity contribution < 1.29 is 15.0 Å². The zero-order valence-electron chi connectivity index (χ0n) is 5.48. The van der Waals surface area contributed by atoms with E-state index in [1.165, 1.54) is 12.1 Å². The van der Waals surface area contributed by atoms with Gasteiger partial charge in [-0.3, -0.25) is 5.32 Å². The first-order valence-electron chi connectivity index (χ1n) is 2.83. The van der Waals surface area contributed by atoms with Crippen LogP contribution in [0.2, 0.25) is 0 Å². The lowest BCUT2D eigenvalue weighted by Gasteiger charge is -1.97. The lowest BCUT2D eigenvalue weighted by molar-refractivity contribution is 0.209. The van der Waals surface area contributed by atoms with E-state index in [0.29, 0.717) is 0 Å². The Balaban J connectivity index is 2.74. The molecule has 1 aromatic heterocycles. The number of aromatic hydroxyl groups is 1. The summed E-state index contributed by atoms with van der Waals surface area (Å²) in [6.07, 6.45) is -0.0196. The van der Waals surface area contributed by atoms with Gasteiger partial charge in [0, 0.05) is 0 Å². The van der Waals surface area contributed by atoms with Gasteiger partial charge in [0.2, 0.25) is 0 Å². The van der Waals surface area contributed by atoms with Crippen LogP contribution in [0.4, 0.5) is 10.6 Å². The monoisotopic (exact) mass is 154 g/mol. The summed E-state index contributed by atoms with van der Waals surface area (Å²) in [6, 6.07) is 2.71. The number of amides is 1. The number of rotatable bonds is 1. The van der Waals surface area contributed by atoms with Crippen LogP contribution in [0.15, 0.2) is 18.3 Å². The summed E-state index contributed by atoms with van der Waals surface area (Å²) in [5.41, 5.74) is 0. The fourth-order valence-corrected chi connectivity index (χ4v) is 0.570. The first kappa shape index (κ1) is 7.33. The van der Waals surface area contributed by atoms with Crippen molar-refractivity contribution >= 4 is 11.9 Å².